The van der Waals surface area contributed by atoms with Crippen LogP contribution >= 0.6 is 8.25 Å². The minimum atomic E-state index is -2.31. The summed E-state index contributed by atoms with van der Waals surface area (Å²) in [5, 5.41) is 0. The van der Waals surface area contributed by atoms with Crippen LogP contribution in [0.1, 0.15) is 6.92 Å². The summed E-state index contributed by atoms with van der Waals surface area (Å²) in [5.74, 6) is 0.176. The molecule has 0 aliphatic carbocycles. The highest BCUT2D eigenvalue weighted by Crippen LogP contribution is 2.31. The fraction of sp³-hybridized carbons (Fsp3) is 0.200. The minimum absolute atomic E-state index is 0.176. The number of hydrogen-bond donors (Lipinski definition) is 2. The van der Waals surface area contributed by atoms with Crippen molar-refractivity contribution in [2.75, 3.05) is 6.61 Å². The second-order valence-corrected chi connectivity index (χ2v) is 4.21. The highest BCUT2D eigenvalue weighted by molar-refractivity contribution is 7.33. The van der Waals surface area contributed by atoms with Crippen LogP contribution in [0.2, 0.25) is 0 Å². The van der Waals surface area contributed by atoms with Crippen molar-refractivity contribution in [1.29, 1.82) is 0 Å². The molecule has 1 aromatic heterocycles. The Balaban J connectivity index is 2.51. The zero-order chi connectivity index (χ0) is 13.1. The number of H-pyrrole nitrogens is 2. The molecule has 0 aliphatic heterocycles. The topological polar surface area (TPSA) is 101 Å². The van der Waals surface area contributed by atoms with Gasteiger partial charge in [0.1, 0.15) is 12.1 Å². The molecule has 8 heteroatoms. The van der Waals surface area contributed by atoms with Crippen LogP contribution in [0, 0.1) is 0 Å². The summed E-state index contributed by atoms with van der Waals surface area (Å²) >= 11 is 0. The third-order valence-corrected chi connectivity index (χ3v) is 2.94. The van der Waals surface area contributed by atoms with Crippen molar-refractivity contribution in [3.63, 3.8) is 0 Å². The molecule has 2 rings (SSSR count). The molecule has 1 unspecified atom stereocenters. The second kappa shape index (κ2) is 5.12. The van der Waals surface area contributed by atoms with E-state index in [9.17, 15) is 14.2 Å². The van der Waals surface area contributed by atoms with Crippen molar-refractivity contribution in [3.8, 4) is 5.75 Å². The molecular weight excluding hydrogens is 259 g/mol. The number of aromatic nitrogens is 2. The first-order valence-corrected chi connectivity index (χ1v) is 6.25. The average molecular weight is 269 g/mol. The van der Waals surface area contributed by atoms with Gasteiger partial charge in [0.15, 0.2) is 0 Å². The molecule has 0 bridgehead atoms. The molecule has 0 saturated carbocycles. The van der Waals surface area contributed by atoms with Crippen LogP contribution in [0.4, 0.5) is 0 Å². The predicted octanol–water partition coefficient (Wildman–Crippen LogP) is 1.29. The summed E-state index contributed by atoms with van der Waals surface area (Å²) in [5.41, 5.74) is -0.902. The van der Waals surface area contributed by atoms with Gasteiger partial charge in [-0.3, -0.25) is 9.59 Å². The molecule has 0 spiro atoms. The molecule has 7 nitrogen and oxygen atoms in total. The number of nitrogens with one attached hydrogen (secondary N) is 2. The van der Waals surface area contributed by atoms with E-state index >= 15 is 0 Å². The molecule has 18 heavy (non-hydrogen) atoms. The van der Waals surface area contributed by atoms with Gasteiger partial charge >= 0.3 is 19.4 Å². The second-order valence-electron chi connectivity index (χ2n) is 3.32. The van der Waals surface area contributed by atoms with E-state index in [1.54, 1.807) is 19.1 Å². The van der Waals surface area contributed by atoms with Crippen molar-refractivity contribution >= 4 is 19.3 Å². The summed E-state index contributed by atoms with van der Waals surface area (Å²) in [6.07, 6.45) is 0. The summed E-state index contributed by atoms with van der Waals surface area (Å²) in [6.45, 7) is 1.92. The maximum absolute atomic E-state index is 11.3. The number of benzene rings is 1. The Labute approximate surface area is 102 Å². The number of para-hydroxylation sites is 1. The van der Waals surface area contributed by atoms with Crippen molar-refractivity contribution < 1.29 is 13.6 Å². The van der Waals surface area contributed by atoms with Crippen LogP contribution in [0.5, 0.6) is 5.75 Å². The van der Waals surface area contributed by atoms with Crippen molar-refractivity contribution in [1.82, 2.24) is 9.97 Å². The Morgan fingerprint density at radius 2 is 1.94 bits per heavy atom. The van der Waals surface area contributed by atoms with E-state index < -0.39 is 19.4 Å². The van der Waals surface area contributed by atoms with Gasteiger partial charge in [-0.1, -0.05) is 6.07 Å². The Kier molecular flexibility index (Phi) is 3.55. The predicted molar refractivity (Wildman–Crippen MR) is 65.0 cm³/mol. The van der Waals surface area contributed by atoms with Crippen LogP contribution < -0.4 is 15.6 Å². The molecule has 0 amide bonds. The molecule has 2 N–H and O–H groups in total. The van der Waals surface area contributed by atoms with Gasteiger partial charge in [0.25, 0.3) is 0 Å². The number of aromatic amines is 2. The lowest BCUT2D eigenvalue weighted by atomic mass is 10.3. The molecule has 1 heterocycles. The maximum Gasteiger partial charge on any atom is 0.750 e. The molecule has 0 saturated heterocycles. The van der Waals surface area contributed by atoms with Crippen LogP contribution in [0.3, 0.4) is 0 Å². The lowest BCUT2D eigenvalue weighted by molar-refractivity contribution is 0.303. The van der Waals surface area contributed by atoms with Gasteiger partial charge in [0.2, 0.25) is 5.75 Å². The molecule has 0 radical (unpaired) electrons. The zero-order valence-electron chi connectivity index (χ0n) is 9.43. The molecule has 0 aliphatic rings. The first kappa shape index (κ1) is 12.5. The van der Waals surface area contributed by atoms with Gasteiger partial charge in [-0.15, -0.1) is 4.52 Å². The number of hydrogen-bond acceptors (Lipinski definition) is 5. The zero-order valence-corrected chi connectivity index (χ0v) is 10.3. The first-order chi connectivity index (χ1) is 8.61. The van der Waals surface area contributed by atoms with Gasteiger partial charge in [-0.05, 0) is 19.1 Å². The third-order valence-electron chi connectivity index (χ3n) is 2.13. The van der Waals surface area contributed by atoms with Crippen LogP contribution in [0.25, 0.3) is 11.0 Å². The van der Waals surface area contributed by atoms with Gasteiger partial charge < -0.3 is 9.97 Å². The highest BCUT2D eigenvalue weighted by atomic mass is 31.1. The highest BCUT2D eigenvalue weighted by Gasteiger charge is 2.22. The smallest absolute Gasteiger partial charge is 0.316 e. The Hall–Kier alpha value is -1.98. The molecule has 1 atom stereocenters. The fourth-order valence-electron chi connectivity index (χ4n) is 1.40. The van der Waals surface area contributed by atoms with Gasteiger partial charge in [-0.2, -0.15) is 0 Å². The number of fused-ring (bicyclic) bond motifs is 1. The molecule has 0 fully saturated rings. The summed E-state index contributed by atoms with van der Waals surface area (Å²) in [7, 11) is -2.31. The van der Waals surface area contributed by atoms with Crippen molar-refractivity contribution in [2.45, 2.75) is 6.92 Å². The monoisotopic (exact) mass is 269 g/mol. The quantitative estimate of drug-likeness (QED) is 0.643. The normalized spacial score (nSPS) is 11.5. The molecular formula is C10H10N2O5P+. The summed E-state index contributed by atoms with van der Waals surface area (Å²) in [6, 6.07) is 4.71. The van der Waals surface area contributed by atoms with Gasteiger partial charge in [-0.25, -0.2) is 4.52 Å². The van der Waals surface area contributed by atoms with Gasteiger partial charge in [0.05, 0.1) is 5.52 Å². The van der Waals surface area contributed by atoms with Gasteiger partial charge in [0, 0.05) is 4.57 Å². The lowest BCUT2D eigenvalue weighted by Gasteiger charge is -1.99. The van der Waals surface area contributed by atoms with E-state index in [1.165, 1.54) is 6.07 Å². The molecule has 2 aromatic rings. The summed E-state index contributed by atoms with van der Waals surface area (Å²) in [4.78, 5) is 27.1. The largest absolute Gasteiger partial charge is 0.750 e. The van der Waals surface area contributed by atoms with Crippen LogP contribution in [-0.2, 0) is 9.09 Å². The minimum Gasteiger partial charge on any atom is -0.316 e. The fourth-order valence-corrected chi connectivity index (χ4v) is 1.98. The van der Waals surface area contributed by atoms with E-state index in [2.05, 4.69) is 9.97 Å². The first-order valence-electron chi connectivity index (χ1n) is 5.15. The van der Waals surface area contributed by atoms with E-state index in [4.69, 9.17) is 9.05 Å². The van der Waals surface area contributed by atoms with Crippen molar-refractivity contribution in [2.24, 2.45) is 0 Å². The summed E-state index contributed by atoms with van der Waals surface area (Å²) < 4.78 is 21.2. The van der Waals surface area contributed by atoms with E-state index in [-0.39, 0.29) is 17.9 Å². The lowest BCUT2D eigenvalue weighted by Crippen LogP contribution is -2.28. The molecule has 1 aromatic carbocycles. The standard InChI is InChI=1S/C10H9N2O5P/c1-2-16-18(15)17-7-5-3-4-6-8(7)12-10(14)9(13)11-6/h3-5H,2H2,1H3,(H-,11,12,13,14)/p+1. The van der Waals surface area contributed by atoms with Crippen molar-refractivity contribution in [3.05, 3.63) is 38.9 Å². The number of rotatable bonds is 4. The Morgan fingerprint density at radius 3 is 2.67 bits per heavy atom. The average Bonchev–Trinajstić information content (AvgIpc) is 2.32. The molecule has 94 valence electrons. The van der Waals surface area contributed by atoms with E-state index in [1.807, 2.05) is 0 Å². The SMILES string of the molecule is CCO[P+](=O)Oc1cccc2[nH]c(=O)c(=O)[nH]c12. The van der Waals surface area contributed by atoms with E-state index in [0.717, 1.165) is 0 Å². The maximum atomic E-state index is 11.3. The third kappa shape index (κ3) is 2.47. The van der Waals surface area contributed by atoms with Crippen LogP contribution in [0.15, 0.2) is 27.8 Å². The Bertz CT molecular complexity index is 705. The van der Waals surface area contributed by atoms with Crippen LogP contribution in [-0.4, -0.2) is 16.6 Å². The van der Waals surface area contributed by atoms with E-state index in [0.29, 0.717) is 5.52 Å². The Morgan fingerprint density at radius 1 is 1.22 bits per heavy atom.